The van der Waals surface area contributed by atoms with Gasteiger partial charge in [-0.3, -0.25) is 0 Å². The minimum Gasteiger partial charge on any atom is -0.422 e. The van der Waals surface area contributed by atoms with Crippen LogP contribution < -0.4 is 11.4 Å². The lowest BCUT2D eigenvalue weighted by Crippen LogP contribution is -2.07. The van der Waals surface area contributed by atoms with Gasteiger partial charge >= 0.3 is 5.63 Å². The van der Waals surface area contributed by atoms with Crippen molar-refractivity contribution in [3.8, 4) is 0 Å². The third kappa shape index (κ3) is 3.92. The molecule has 0 saturated heterocycles. The molecule has 0 atom stereocenters. The molecule has 3 rings (SSSR count). The Hall–Kier alpha value is -2.31. The highest BCUT2D eigenvalue weighted by Gasteiger charge is 2.10. The number of aliphatic imine (C=N–C) groups is 1. The Morgan fingerprint density at radius 1 is 1.27 bits per heavy atom. The van der Waals surface area contributed by atoms with E-state index in [1.165, 1.54) is 36.0 Å². The van der Waals surface area contributed by atoms with Crippen LogP contribution >= 0.6 is 23.4 Å². The normalized spacial score (nSPS) is 11.9. The van der Waals surface area contributed by atoms with Gasteiger partial charge < -0.3 is 10.2 Å². The standard InChI is InChI=1S/C19H16ClFN2O2S/c1-10-3-5-14-12(7-17(24)25-18(14)11(10)2)9-26-19(22)23-13-4-6-16(21)15(20)8-13/h3-8H,9H2,1-2H3,(H2,22,23). The molecule has 0 aliphatic heterocycles. The largest absolute Gasteiger partial charge is 0.422 e. The van der Waals surface area contributed by atoms with Crippen LogP contribution in [0.5, 0.6) is 0 Å². The molecule has 0 aliphatic rings. The third-order valence-electron chi connectivity index (χ3n) is 4.04. The summed E-state index contributed by atoms with van der Waals surface area (Å²) in [6.07, 6.45) is 0. The van der Waals surface area contributed by atoms with Gasteiger partial charge in [-0.25, -0.2) is 14.2 Å². The van der Waals surface area contributed by atoms with Crippen LogP contribution in [0, 0.1) is 19.7 Å². The summed E-state index contributed by atoms with van der Waals surface area (Å²) in [6, 6.07) is 9.52. The van der Waals surface area contributed by atoms with Crippen LogP contribution in [0.1, 0.15) is 16.7 Å². The third-order valence-corrected chi connectivity index (χ3v) is 5.17. The first-order valence-corrected chi connectivity index (χ1v) is 9.16. The maximum atomic E-state index is 13.2. The number of nitrogens with two attached hydrogens (primary N) is 1. The fraction of sp³-hybridized carbons (Fsp3) is 0.158. The predicted octanol–water partition coefficient (Wildman–Crippen LogP) is 5.08. The molecule has 0 amide bonds. The molecule has 26 heavy (non-hydrogen) atoms. The first-order chi connectivity index (χ1) is 12.3. The molecule has 2 aromatic carbocycles. The van der Waals surface area contributed by atoms with Gasteiger partial charge in [0, 0.05) is 17.2 Å². The van der Waals surface area contributed by atoms with E-state index in [0.717, 1.165) is 22.1 Å². The van der Waals surface area contributed by atoms with Gasteiger partial charge in [0.1, 0.15) is 11.4 Å². The van der Waals surface area contributed by atoms with Crippen LogP contribution in [0.2, 0.25) is 5.02 Å². The van der Waals surface area contributed by atoms with E-state index in [1.54, 1.807) is 0 Å². The second-order valence-electron chi connectivity index (χ2n) is 5.81. The quantitative estimate of drug-likeness (QED) is 0.384. The average Bonchev–Trinajstić information content (AvgIpc) is 2.59. The number of benzene rings is 2. The van der Waals surface area contributed by atoms with E-state index >= 15 is 0 Å². The molecule has 2 N–H and O–H groups in total. The Balaban J connectivity index is 1.87. The molecule has 4 nitrogen and oxygen atoms in total. The van der Waals surface area contributed by atoms with Gasteiger partial charge in [0.2, 0.25) is 0 Å². The SMILES string of the molecule is Cc1ccc2c(CSC(N)=Nc3ccc(F)c(Cl)c3)cc(=O)oc2c1C. The van der Waals surface area contributed by atoms with Gasteiger partial charge in [0.25, 0.3) is 0 Å². The Kier molecular flexibility index (Phi) is 5.34. The number of amidine groups is 1. The molecule has 0 radical (unpaired) electrons. The van der Waals surface area contributed by atoms with E-state index < -0.39 is 11.4 Å². The van der Waals surface area contributed by atoms with Crippen molar-refractivity contribution < 1.29 is 8.81 Å². The Morgan fingerprint density at radius 3 is 2.77 bits per heavy atom. The van der Waals surface area contributed by atoms with E-state index in [1.807, 2.05) is 26.0 Å². The molecule has 0 spiro atoms. The fourth-order valence-electron chi connectivity index (χ4n) is 2.51. The van der Waals surface area contributed by atoms with Crippen LogP contribution in [0.4, 0.5) is 10.1 Å². The lowest BCUT2D eigenvalue weighted by molar-refractivity contribution is 0.557. The van der Waals surface area contributed by atoms with Gasteiger partial charge in [0.05, 0.1) is 10.7 Å². The maximum absolute atomic E-state index is 13.2. The monoisotopic (exact) mass is 390 g/mol. The zero-order valence-electron chi connectivity index (χ0n) is 14.2. The summed E-state index contributed by atoms with van der Waals surface area (Å²) >= 11 is 7.02. The number of halogens is 2. The predicted molar refractivity (Wildman–Crippen MR) is 106 cm³/mol. The summed E-state index contributed by atoms with van der Waals surface area (Å²) in [5.41, 5.74) is 9.42. The van der Waals surface area contributed by atoms with Crippen LogP contribution in [-0.4, -0.2) is 5.17 Å². The van der Waals surface area contributed by atoms with Crippen molar-refractivity contribution in [3.05, 3.63) is 74.3 Å². The van der Waals surface area contributed by atoms with Crippen molar-refractivity contribution in [2.75, 3.05) is 0 Å². The summed E-state index contributed by atoms with van der Waals surface area (Å²) in [4.78, 5) is 16.1. The summed E-state index contributed by atoms with van der Waals surface area (Å²) in [5, 5.41) is 1.15. The van der Waals surface area contributed by atoms with E-state index in [-0.39, 0.29) is 10.2 Å². The molecule has 1 heterocycles. The van der Waals surface area contributed by atoms with Crippen LogP contribution in [-0.2, 0) is 5.75 Å². The average molecular weight is 391 g/mol. The zero-order valence-corrected chi connectivity index (χ0v) is 15.7. The molecule has 1 aromatic heterocycles. The number of nitrogens with zero attached hydrogens (tertiary/aromatic N) is 1. The van der Waals surface area contributed by atoms with Crippen molar-refractivity contribution in [2.45, 2.75) is 19.6 Å². The minimum absolute atomic E-state index is 0.0124. The van der Waals surface area contributed by atoms with Crippen molar-refractivity contribution >= 4 is 45.2 Å². The second kappa shape index (κ2) is 7.51. The number of thioether (sulfide) groups is 1. The Bertz CT molecular complexity index is 1080. The van der Waals surface area contributed by atoms with Crippen molar-refractivity contribution in [3.63, 3.8) is 0 Å². The van der Waals surface area contributed by atoms with E-state index in [2.05, 4.69) is 4.99 Å². The second-order valence-corrected chi connectivity index (χ2v) is 7.21. The molecule has 0 saturated carbocycles. The lowest BCUT2D eigenvalue weighted by atomic mass is 10.0. The summed E-state index contributed by atoms with van der Waals surface area (Å²) in [6.45, 7) is 3.89. The number of hydrogen-bond acceptors (Lipinski definition) is 4. The Morgan fingerprint density at radius 2 is 2.04 bits per heavy atom. The highest BCUT2D eigenvalue weighted by Crippen LogP contribution is 2.27. The number of rotatable bonds is 3. The maximum Gasteiger partial charge on any atom is 0.336 e. The molecule has 0 aliphatic carbocycles. The molecule has 0 bridgehead atoms. The van der Waals surface area contributed by atoms with Crippen LogP contribution in [0.15, 0.2) is 50.6 Å². The topological polar surface area (TPSA) is 68.6 Å². The smallest absolute Gasteiger partial charge is 0.336 e. The van der Waals surface area contributed by atoms with E-state index in [4.69, 9.17) is 21.8 Å². The van der Waals surface area contributed by atoms with Crippen molar-refractivity contribution in [1.82, 2.24) is 0 Å². The highest BCUT2D eigenvalue weighted by molar-refractivity contribution is 8.13. The Labute approximate surface area is 158 Å². The van der Waals surface area contributed by atoms with Gasteiger partial charge in [-0.15, -0.1) is 0 Å². The number of hydrogen-bond donors (Lipinski definition) is 1. The molecule has 134 valence electrons. The van der Waals surface area contributed by atoms with Crippen LogP contribution in [0.25, 0.3) is 11.0 Å². The van der Waals surface area contributed by atoms with Crippen LogP contribution in [0.3, 0.4) is 0 Å². The van der Waals surface area contributed by atoms with Crippen molar-refractivity contribution in [1.29, 1.82) is 0 Å². The summed E-state index contributed by atoms with van der Waals surface area (Å²) < 4.78 is 18.6. The first-order valence-electron chi connectivity index (χ1n) is 7.80. The van der Waals surface area contributed by atoms with Gasteiger partial charge in [-0.1, -0.05) is 35.5 Å². The molecule has 7 heteroatoms. The molecule has 3 aromatic rings. The molecule has 0 fully saturated rings. The number of fused-ring (bicyclic) bond motifs is 1. The minimum atomic E-state index is -0.509. The molecule has 0 unspecified atom stereocenters. The van der Waals surface area contributed by atoms with Gasteiger partial charge in [0.15, 0.2) is 5.17 Å². The summed E-state index contributed by atoms with van der Waals surface area (Å²) in [5.74, 6) is -0.0560. The van der Waals surface area contributed by atoms with Crippen molar-refractivity contribution in [2.24, 2.45) is 10.7 Å². The number of aryl methyl sites for hydroxylation is 2. The van der Waals surface area contributed by atoms with E-state index in [9.17, 15) is 9.18 Å². The molecular weight excluding hydrogens is 375 g/mol. The first kappa shape index (κ1) is 18.5. The van der Waals surface area contributed by atoms with E-state index in [0.29, 0.717) is 17.0 Å². The summed E-state index contributed by atoms with van der Waals surface area (Å²) in [7, 11) is 0. The van der Waals surface area contributed by atoms with Gasteiger partial charge in [-0.05, 0) is 48.7 Å². The molecular formula is C19H16ClFN2O2S. The zero-order chi connectivity index (χ0) is 18.8. The lowest BCUT2D eigenvalue weighted by Gasteiger charge is -2.08. The fourth-order valence-corrected chi connectivity index (χ4v) is 3.40. The van der Waals surface area contributed by atoms with Gasteiger partial charge in [-0.2, -0.15) is 0 Å². The highest BCUT2D eigenvalue weighted by atomic mass is 35.5.